The number of anilines is 1. The summed E-state index contributed by atoms with van der Waals surface area (Å²) in [6.45, 7) is 2.48. The summed E-state index contributed by atoms with van der Waals surface area (Å²) in [6, 6.07) is 7.11. The molecule has 5 heteroatoms. The fourth-order valence-corrected chi connectivity index (χ4v) is 2.56. The van der Waals surface area contributed by atoms with Crippen LogP contribution in [-0.4, -0.2) is 17.7 Å². The molecule has 1 aliphatic rings. The third-order valence-corrected chi connectivity index (χ3v) is 3.59. The molecule has 1 aromatic carbocycles. The lowest BCUT2D eigenvalue weighted by Crippen LogP contribution is -2.13. The summed E-state index contributed by atoms with van der Waals surface area (Å²) in [5.74, 6) is 0.960. The second-order valence-corrected chi connectivity index (χ2v) is 5.06. The Morgan fingerprint density at radius 2 is 2.24 bits per heavy atom. The summed E-state index contributed by atoms with van der Waals surface area (Å²) in [7, 11) is 0. The van der Waals surface area contributed by atoms with E-state index in [0.29, 0.717) is 23.8 Å². The largest absolute Gasteiger partial charge is 0.494 e. The van der Waals surface area contributed by atoms with E-state index in [9.17, 15) is 4.79 Å². The molecule has 3 rings (SSSR count). The van der Waals surface area contributed by atoms with Crippen LogP contribution in [0.2, 0.25) is 0 Å². The van der Waals surface area contributed by atoms with Gasteiger partial charge in [0.15, 0.2) is 0 Å². The van der Waals surface area contributed by atoms with E-state index < -0.39 is 0 Å². The monoisotopic (exact) mass is 286 g/mol. The molecular formula is C16H18N2O3. The average Bonchev–Trinajstić information content (AvgIpc) is 2.91. The minimum Gasteiger partial charge on any atom is -0.494 e. The summed E-state index contributed by atoms with van der Waals surface area (Å²) in [5.41, 5.74) is 2.55. The normalized spacial score (nSPS) is 13.6. The number of hydrogen-bond acceptors (Lipinski definition) is 4. The van der Waals surface area contributed by atoms with Crippen LogP contribution in [0.15, 0.2) is 28.8 Å². The Hall–Kier alpha value is -2.30. The zero-order valence-corrected chi connectivity index (χ0v) is 12.0. The van der Waals surface area contributed by atoms with Gasteiger partial charge in [0.2, 0.25) is 5.88 Å². The van der Waals surface area contributed by atoms with Gasteiger partial charge in [0.25, 0.3) is 5.91 Å². The van der Waals surface area contributed by atoms with Gasteiger partial charge in [-0.3, -0.25) is 10.1 Å². The SMILES string of the molecule is CCOc1cccc(C(=O)Nc2onc3c2CCCC3)c1. The quantitative estimate of drug-likeness (QED) is 0.937. The predicted molar refractivity (Wildman–Crippen MR) is 78.7 cm³/mol. The minimum atomic E-state index is -0.207. The maximum Gasteiger partial charge on any atom is 0.258 e. The van der Waals surface area contributed by atoms with Gasteiger partial charge >= 0.3 is 0 Å². The first-order valence-electron chi connectivity index (χ1n) is 7.29. The van der Waals surface area contributed by atoms with Crippen molar-refractivity contribution in [1.29, 1.82) is 0 Å². The van der Waals surface area contributed by atoms with Crippen LogP contribution < -0.4 is 10.1 Å². The molecule has 0 bridgehead atoms. The smallest absolute Gasteiger partial charge is 0.258 e. The maximum atomic E-state index is 12.3. The van der Waals surface area contributed by atoms with Crippen molar-refractivity contribution in [3.8, 4) is 5.75 Å². The van der Waals surface area contributed by atoms with Crippen molar-refractivity contribution in [2.75, 3.05) is 11.9 Å². The molecule has 0 aliphatic heterocycles. The zero-order valence-electron chi connectivity index (χ0n) is 12.0. The fourth-order valence-electron chi connectivity index (χ4n) is 2.56. The van der Waals surface area contributed by atoms with Gasteiger partial charge in [0, 0.05) is 11.1 Å². The fraction of sp³-hybridized carbons (Fsp3) is 0.375. The van der Waals surface area contributed by atoms with Crippen LogP contribution in [0.25, 0.3) is 0 Å². The Kier molecular flexibility index (Phi) is 3.90. The molecular weight excluding hydrogens is 268 g/mol. The van der Waals surface area contributed by atoms with Crippen molar-refractivity contribution in [3.05, 3.63) is 41.1 Å². The highest BCUT2D eigenvalue weighted by molar-refractivity contribution is 6.04. The molecule has 0 spiro atoms. The Morgan fingerprint density at radius 3 is 3.10 bits per heavy atom. The Morgan fingerprint density at radius 1 is 1.38 bits per heavy atom. The molecule has 1 heterocycles. The minimum absolute atomic E-state index is 0.207. The number of aryl methyl sites for hydroxylation is 1. The first kappa shape index (κ1) is 13.7. The van der Waals surface area contributed by atoms with Crippen molar-refractivity contribution >= 4 is 11.8 Å². The number of benzene rings is 1. The average molecular weight is 286 g/mol. The molecule has 1 aliphatic carbocycles. The molecule has 1 aromatic heterocycles. The highest BCUT2D eigenvalue weighted by Gasteiger charge is 2.21. The first-order chi connectivity index (χ1) is 10.3. The van der Waals surface area contributed by atoms with E-state index in [0.717, 1.165) is 36.9 Å². The number of carbonyl (C=O) groups is 1. The summed E-state index contributed by atoms with van der Waals surface area (Å²) < 4.78 is 10.7. The van der Waals surface area contributed by atoms with Gasteiger partial charge in [-0.1, -0.05) is 11.2 Å². The van der Waals surface area contributed by atoms with E-state index >= 15 is 0 Å². The molecule has 1 N–H and O–H groups in total. The Labute approximate surface area is 123 Å². The van der Waals surface area contributed by atoms with E-state index in [1.165, 1.54) is 0 Å². The topological polar surface area (TPSA) is 64.4 Å². The summed E-state index contributed by atoms with van der Waals surface area (Å²) in [4.78, 5) is 12.3. The zero-order chi connectivity index (χ0) is 14.7. The lowest BCUT2D eigenvalue weighted by atomic mass is 9.97. The second kappa shape index (κ2) is 5.99. The van der Waals surface area contributed by atoms with Gasteiger partial charge in [0.1, 0.15) is 5.75 Å². The molecule has 1 amide bonds. The van der Waals surface area contributed by atoms with Crippen LogP contribution in [0.4, 0.5) is 5.88 Å². The number of rotatable bonds is 4. The van der Waals surface area contributed by atoms with Gasteiger partial charge in [0.05, 0.1) is 12.3 Å². The standard InChI is InChI=1S/C16H18N2O3/c1-2-20-12-7-5-6-11(10-12)15(19)17-16-13-8-3-4-9-14(13)18-21-16/h5-7,10H,2-4,8-9H2,1H3,(H,17,19). The van der Waals surface area contributed by atoms with Gasteiger partial charge < -0.3 is 9.26 Å². The van der Waals surface area contributed by atoms with Crippen molar-refractivity contribution < 1.29 is 14.1 Å². The van der Waals surface area contributed by atoms with Crippen molar-refractivity contribution in [1.82, 2.24) is 5.16 Å². The molecule has 2 aromatic rings. The highest BCUT2D eigenvalue weighted by atomic mass is 16.5. The summed E-state index contributed by atoms with van der Waals surface area (Å²) >= 11 is 0. The third-order valence-electron chi connectivity index (χ3n) is 3.59. The van der Waals surface area contributed by atoms with Crippen molar-refractivity contribution in [3.63, 3.8) is 0 Å². The molecule has 0 unspecified atom stereocenters. The van der Waals surface area contributed by atoms with Crippen molar-refractivity contribution in [2.45, 2.75) is 32.6 Å². The number of nitrogens with zero attached hydrogens (tertiary/aromatic N) is 1. The van der Waals surface area contributed by atoms with Gasteiger partial charge in [-0.2, -0.15) is 0 Å². The lowest BCUT2D eigenvalue weighted by molar-refractivity contribution is 0.102. The Balaban J connectivity index is 1.77. The molecule has 0 fully saturated rings. The molecule has 0 saturated carbocycles. The van der Waals surface area contributed by atoms with Crippen LogP contribution in [-0.2, 0) is 12.8 Å². The lowest BCUT2D eigenvalue weighted by Gasteiger charge is -2.10. The van der Waals surface area contributed by atoms with Crippen molar-refractivity contribution in [2.24, 2.45) is 0 Å². The second-order valence-electron chi connectivity index (χ2n) is 5.06. The molecule has 0 atom stereocenters. The van der Waals surface area contributed by atoms with Gasteiger partial charge in [-0.05, 0) is 50.8 Å². The van der Waals surface area contributed by atoms with Crippen LogP contribution in [0.1, 0.15) is 41.4 Å². The maximum absolute atomic E-state index is 12.3. The van der Waals surface area contributed by atoms with E-state index in [1.807, 2.05) is 13.0 Å². The number of aromatic nitrogens is 1. The Bertz CT molecular complexity index is 649. The third kappa shape index (κ3) is 2.91. The molecule has 5 nitrogen and oxygen atoms in total. The number of nitrogens with one attached hydrogen (secondary N) is 1. The molecule has 21 heavy (non-hydrogen) atoms. The first-order valence-corrected chi connectivity index (χ1v) is 7.29. The number of fused-ring (bicyclic) bond motifs is 1. The summed E-state index contributed by atoms with van der Waals surface area (Å²) in [5, 5.41) is 6.85. The highest BCUT2D eigenvalue weighted by Crippen LogP contribution is 2.28. The van der Waals surface area contributed by atoms with E-state index in [-0.39, 0.29) is 5.91 Å². The van der Waals surface area contributed by atoms with Crippen LogP contribution in [0.5, 0.6) is 5.75 Å². The van der Waals surface area contributed by atoms with E-state index in [1.54, 1.807) is 18.2 Å². The molecule has 110 valence electrons. The number of hydrogen-bond donors (Lipinski definition) is 1. The van der Waals surface area contributed by atoms with Gasteiger partial charge in [-0.15, -0.1) is 0 Å². The predicted octanol–water partition coefficient (Wildman–Crippen LogP) is 3.20. The molecule has 0 saturated heterocycles. The number of amides is 1. The van der Waals surface area contributed by atoms with E-state index in [2.05, 4.69) is 10.5 Å². The van der Waals surface area contributed by atoms with Crippen LogP contribution >= 0.6 is 0 Å². The van der Waals surface area contributed by atoms with E-state index in [4.69, 9.17) is 9.26 Å². The number of ether oxygens (including phenoxy) is 1. The van der Waals surface area contributed by atoms with Gasteiger partial charge in [-0.25, -0.2) is 0 Å². The number of carbonyl (C=O) groups excluding carboxylic acids is 1. The van der Waals surface area contributed by atoms with Crippen LogP contribution in [0, 0.1) is 0 Å². The molecule has 0 radical (unpaired) electrons. The van der Waals surface area contributed by atoms with Crippen LogP contribution in [0.3, 0.4) is 0 Å². The summed E-state index contributed by atoms with van der Waals surface area (Å²) in [6.07, 6.45) is 4.07.